The maximum absolute atomic E-state index is 13.1. The quantitative estimate of drug-likeness (QED) is 0.0169. The standard InChI is InChI=1S/C81H146O17P2/c1-5-9-13-17-21-25-29-33-36-37-40-43-46-50-54-58-62-66-79(84)92-72-77(98-81(86)68-64-60-56-52-48-44-39-35-31-27-23-19-15-11-7-3)74-96-100(89,90)94-70-75(82)69-93-99(87,88)95-73-76(97-80(85)67-63-59-55-51-47-41-32-28-24-20-16-12-8-4)71-91-78(83)65-61-57-53-49-45-42-38-34-30-26-22-18-14-10-6-2/h21,23,25,27,33,35-36,39-40,43,50,54,75-77,82H,5-20,22,24,26,28-32,34,37-38,41-42,44-49,51-53,55-74H2,1-4H3,(H,87,88)(H,89,90)/b25-21-,27-23-,36-33-,39-35-,43-40-,54-50-/t75-,76+,77+/m0/s1. The first kappa shape index (κ1) is 96.5. The van der Waals surface area contributed by atoms with Crippen LogP contribution in [0.2, 0.25) is 0 Å². The Morgan fingerprint density at radius 1 is 0.280 bits per heavy atom. The summed E-state index contributed by atoms with van der Waals surface area (Å²) in [6, 6.07) is 0. The Morgan fingerprint density at radius 3 is 0.810 bits per heavy atom. The Bertz CT molecular complexity index is 2180. The lowest BCUT2D eigenvalue weighted by Gasteiger charge is -2.21. The van der Waals surface area contributed by atoms with Crippen molar-refractivity contribution in [2.75, 3.05) is 39.6 Å². The van der Waals surface area contributed by atoms with Gasteiger partial charge in [-0.1, -0.05) is 312 Å². The maximum Gasteiger partial charge on any atom is 0.472 e. The fraction of sp³-hybridized carbons (Fsp3) is 0.802. The second-order valence-electron chi connectivity index (χ2n) is 27.0. The van der Waals surface area contributed by atoms with Crippen LogP contribution in [0.4, 0.5) is 0 Å². The average molecular weight is 1450 g/mol. The molecule has 17 nitrogen and oxygen atoms in total. The third-order valence-corrected chi connectivity index (χ3v) is 19.1. The average Bonchev–Trinajstić information content (AvgIpc) is 1.06. The maximum atomic E-state index is 13.1. The predicted octanol–water partition coefficient (Wildman–Crippen LogP) is 23.2. The number of carbonyl (C=O) groups excluding carboxylic acids is 4. The zero-order valence-corrected chi connectivity index (χ0v) is 65.4. The van der Waals surface area contributed by atoms with Crippen LogP contribution < -0.4 is 0 Å². The smallest absolute Gasteiger partial charge is 0.462 e. The highest BCUT2D eigenvalue weighted by atomic mass is 31.2. The van der Waals surface area contributed by atoms with Gasteiger partial charge in [0.05, 0.1) is 26.4 Å². The molecule has 0 spiro atoms. The molecule has 3 N–H and O–H groups in total. The van der Waals surface area contributed by atoms with Gasteiger partial charge < -0.3 is 33.8 Å². The molecule has 5 atom stereocenters. The Hall–Kier alpha value is -3.50. The highest BCUT2D eigenvalue weighted by molar-refractivity contribution is 7.47. The van der Waals surface area contributed by atoms with Gasteiger partial charge >= 0.3 is 39.5 Å². The molecule has 0 amide bonds. The van der Waals surface area contributed by atoms with Gasteiger partial charge in [0.2, 0.25) is 0 Å². The Balaban J connectivity index is 5.37. The number of esters is 4. The molecule has 582 valence electrons. The van der Waals surface area contributed by atoms with Crippen molar-refractivity contribution in [3.63, 3.8) is 0 Å². The highest BCUT2D eigenvalue weighted by Crippen LogP contribution is 2.45. The topological polar surface area (TPSA) is 237 Å². The first-order valence-corrected chi connectivity index (χ1v) is 43.2. The van der Waals surface area contributed by atoms with Crippen molar-refractivity contribution in [1.82, 2.24) is 0 Å². The van der Waals surface area contributed by atoms with Crippen LogP contribution in [0.1, 0.15) is 362 Å². The van der Waals surface area contributed by atoms with Crippen LogP contribution in [0.5, 0.6) is 0 Å². The summed E-state index contributed by atoms with van der Waals surface area (Å²) in [5, 5.41) is 10.6. The van der Waals surface area contributed by atoms with Crippen LogP contribution >= 0.6 is 15.6 Å². The number of aliphatic hydroxyl groups is 1. The van der Waals surface area contributed by atoms with E-state index in [4.69, 9.17) is 37.0 Å². The first-order chi connectivity index (χ1) is 48.7. The minimum Gasteiger partial charge on any atom is -0.462 e. The number of hydrogen-bond donors (Lipinski definition) is 3. The van der Waals surface area contributed by atoms with Gasteiger partial charge in [-0.3, -0.25) is 37.3 Å². The van der Waals surface area contributed by atoms with Crippen LogP contribution in [0.25, 0.3) is 0 Å². The van der Waals surface area contributed by atoms with E-state index in [2.05, 4.69) is 88.5 Å². The third-order valence-electron chi connectivity index (χ3n) is 17.2. The van der Waals surface area contributed by atoms with E-state index in [0.717, 1.165) is 116 Å². The minimum absolute atomic E-state index is 0.0698. The fourth-order valence-electron chi connectivity index (χ4n) is 11.0. The molecule has 0 fully saturated rings. The second kappa shape index (κ2) is 73.8. The summed E-state index contributed by atoms with van der Waals surface area (Å²) in [6.45, 7) is 4.81. The van der Waals surface area contributed by atoms with Gasteiger partial charge in [0, 0.05) is 25.7 Å². The van der Waals surface area contributed by atoms with Crippen molar-refractivity contribution >= 4 is 39.5 Å². The molecule has 0 aliphatic carbocycles. The van der Waals surface area contributed by atoms with Crippen LogP contribution in [0, 0.1) is 0 Å². The summed E-state index contributed by atoms with van der Waals surface area (Å²) in [7, 11) is -9.96. The van der Waals surface area contributed by atoms with E-state index in [9.17, 15) is 43.2 Å². The van der Waals surface area contributed by atoms with Gasteiger partial charge in [-0.2, -0.15) is 0 Å². The van der Waals surface area contributed by atoms with Gasteiger partial charge in [0.25, 0.3) is 0 Å². The molecule has 0 saturated heterocycles. The normalized spacial score (nSPS) is 14.3. The lowest BCUT2D eigenvalue weighted by molar-refractivity contribution is -0.161. The molecule has 0 aromatic heterocycles. The summed E-state index contributed by atoms with van der Waals surface area (Å²) in [5.41, 5.74) is 0. The van der Waals surface area contributed by atoms with Crippen LogP contribution in [0.3, 0.4) is 0 Å². The summed E-state index contributed by atoms with van der Waals surface area (Å²) < 4.78 is 68.5. The van der Waals surface area contributed by atoms with E-state index in [1.54, 1.807) is 0 Å². The molecular formula is C81H146O17P2. The molecule has 0 aliphatic heterocycles. The number of allylic oxidation sites excluding steroid dienone is 12. The van der Waals surface area contributed by atoms with E-state index in [1.165, 1.54) is 161 Å². The number of carbonyl (C=O) groups is 4. The van der Waals surface area contributed by atoms with Crippen LogP contribution in [0.15, 0.2) is 72.9 Å². The number of phosphoric ester groups is 2. The molecule has 0 bridgehead atoms. The van der Waals surface area contributed by atoms with Gasteiger partial charge in [-0.05, 0) is 96.3 Å². The van der Waals surface area contributed by atoms with E-state index < -0.39 is 97.5 Å². The zero-order chi connectivity index (χ0) is 73.2. The van der Waals surface area contributed by atoms with Crippen LogP contribution in [-0.4, -0.2) is 96.7 Å². The molecule has 19 heteroatoms. The molecule has 0 aromatic rings. The van der Waals surface area contributed by atoms with E-state index in [0.29, 0.717) is 32.1 Å². The van der Waals surface area contributed by atoms with E-state index in [1.807, 2.05) is 12.2 Å². The SMILES string of the molecule is CCCCC/C=C\C/C=C\C/C=C\C/C=C\CCCC(=O)OC[C@H](COP(=O)(O)OC[C@@H](O)COP(=O)(O)OC[C@@H](COC(=O)CCCCCCCCCCCCCCCCC)OC(=O)CCCCCCCCCCCCCCC)OC(=O)CCCCCCC/C=C\C/C=C\CCCCC. The van der Waals surface area contributed by atoms with Gasteiger partial charge in [-0.15, -0.1) is 0 Å². The summed E-state index contributed by atoms with van der Waals surface area (Å²) >= 11 is 0. The number of hydrogen-bond acceptors (Lipinski definition) is 15. The highest BCUT2D eigenvalue weighted by Gasteiger charge is 2.30. The van der Waals surface area contributed by atoms with Crippen molar-refractivity contribution in [2.24, 2.45) is 0 Å². The van der Waals surface area contributed by atoms with Gasteiger partial charge in [-0.25, -0.2) is 9.13 Å². The summed E-state index contributed by atoms with van der Waals surface area (Å²) in [6.07, 6.45) is 74.5. The fourth-order valence-corrected chi connectivity index (χ4v) is 12.6. The van der Waals surface area contributed by atoms with Crippen LogP contribution in [-0.2, 0) is 65.4 Å². The Kier molecular flexibility index (Phi) is 71.2. The zero-order valence-electron chi connectivity index (χ0n) is 63.6. The van der Waals surface area contributed by atoms with Gasteiger partial charge in [0.1, 0.15) is 19.3 Å². The molecule has 0 radical (unpaired) electrons. The summed E-state index contributed by atoms with van der Waals surface area (Å²) in [5.74, 6) is -2.22. The van der Waals surface area contributed by atoms with E-state index in [-0.39, 0.29) is 25.7 Å². The van der Waals surface area contributed by atoms with Gasteiger partial charge in [0.15, 0.2) is 12.2 Å². The number of rotatable bonds is 76. The third kappa shape index (κ3) is 72.8. The molecular weight excluding hydrogens is 1310 g/mol. The number of ether oxygens (including phenoxy) is 4. The Labute approximate surface area is 609 Å². The Morgan fingerprint density at radius 2 is 0.500 bits per heavy atom. The molecule has 0 heterocycles. The minimum atomic E-state index is -4.99. The predicted molar refractivity (Wildman–Crippen MR) is 409 cm³/mol. The lowest BCUT2D eigenvalue weighted by Crippen LogP contribution is -2.30. The number of unbranched alkanes of at least 4 members (excludes halogenated alkanes) is 38. The molecule has 100 heavy (non-hydrogen) atoms. The van der Waals surface area contributed by atoms with Crippen molar-refractivity contribution in [3.05, 3.63) is 72.9 Å². The van der Waals surface area contributed by atoms with Crippen molar-refractivity contribution in [3.8, 4) is 0 Å². The lowest BCUT2D eigenvalue weighted by atomic mass is 10.0. The van der Waals surface area contributed by atoms with E-state index >= 15 is 0 Å². The largest absolute Gasteiger partial charge is 0.472 e. The van der Waals surface area contributed by atoms with Crippen molar-refractivity contribution in [2.45, 2.75) is 380 Å². The molecule has 0 aliphatic rings. The first-order valence-electron chi connectivity index (χ1n) is 40.2. The second-order valence-corrected chi connectivity index (χ2v) is 29.9. The molecule has 0 rings (SSSR count). The summed E-state index contributed by atoms with van der Waals surface area (Å²) in [4.78, 5) is 72.9. The van der Waals surface area contributed by atoms with Crippen molar-refractivity contribution < 1.29 is 80.2 Å². The number of aliphatic hydroxyl groups excluding tert-OH is 1. The molecule has 0 aromatic carbocycles. The monoisotopic (exact) mass is 1450 g/mol. The van der Waals surface area contributed by atoms with Crippen molar-refractivity contribution in [1.29, 1.82) is 0 Å². The molecule has 2 unspecified atom stereocenters. The molecule has 0 saturated carbocycles. The number of phosphoric acid groups is 2.